The lowest BCUT2D eigenvalue weighted by Crippen LogP contribution is -2.47. The molecule has 2 rings (SSSR count). The first kappa shape index (κ1) is 14.5. The molecular weight excluding hydrogens is 260 g/mol. The summed E-state index contributed by atoms with van der Waals surface area (Å²) < 4.78 is 15.8. The average molecular weight is 280 g/mol. The zero-order valence-corrected chi connectivity index (χ0v) is 11.8. The first-order chi connectivity index (χ1) is 9.72. The number of carbonyl (C=O) groups excluding carboxylic acids is 1. The summed E-state index contributed by atoms with van der Waals surface area (Å²) in [5.74, 6) is 1.82. The Bertz CT molecular complexity index is 436. The fraction of sp³-hybridized carbons (Fsp3) is 0.500. The van der Waals surface area contributed by atoms with Gasteiger partial charge in [-0.3, -0.25) is 4.79 Å². The highest BCUT2D eigenvalue weighted by atomic mass is 16.5. The molecule has 6 heteroatoms. The zero-order valence-electron chi connectivity index (χ0n) is 11.8. The van der Waals surface area contributed by atoms with Crippen molar-refractivity contribution >= 4 is 5.91 Å². The largest absolute Gasteiger partial charge is 0.496 e. The number of ether oxygens (including phenoxy) is 3. The van der Waals surface area contributed by atoms with E-state index in [1.807, 2.05) is 0 Å². The molecule has 0 bridgehead atoms. The van der Waals surface area contributed by atoms with E-state index in [0.717, 1.165) is 26.2 Å². The molecule has 1 saturated heterocycles. The minimum Gasteiger partial charge on any atom is -0.496 e. The van der Waals surface area contributed by atoms with Crippen molar-refractivity contribution in [3.8, 4) is 17.2 Å². The van der Waals surface area contributed by atoms with Crippen LogP contribution in [0.4, 0.5) is 0 Å². The molecule has 0 radical (unpaired) electrons. The molecule has 0 aromatic heterocycles. The number of hydrogen-bond acceptors (Lipinski definition) is 5. The predicted molar refractivity (Wildman–Crippen MR) is 74.5 cm³/mol. The van der Waals surface area contributed by atoms with Crippen LogP contribution >= 0.6 is 0 Å². The molecule has 20 heavy (non-hydrogen) atoms. The van der Waals surface area contributed by atoms with E-state index in [1.54, 1.807) is 37.3 Å². The van der Waals surface area contributed by atoms with Crippen LogP contribution in [0.3, 0.4) is 0 Å². The minimum atomic E-state index is -0.00622. The Hall–Kier alpha value is -1.95. The Labute approximate surface area is 118 Å². The number of piperazine rings is 1. The van der Waals surface area contributed by atoms with Crippen LogP contribution in [0.5, 0.6) is 17.2 Å². The smallest absolute Gasteiger partial charge is 0.260 e. The van der Waals surface area contributed by atoms with Crippen LogP contribution < -0.4 is 19.5 Å². The van der Waals surface area contributed by atoms with Crippen molar-refractivity contribution in [1.29, 1.82) is 0 Å². The summed E-state index contributed by atoms with van der Waals surface area (Å²) in [5.41, 5.74) is 0. The standard InChI is InChI=1S/C14H20N2O4/c1-18-11-7-12(19-2)9-13(8-11)20-10-14(17)16-5-3-15-4-6-16/h7-9,15H,3-6,10H2,1-2H3. The van der Waals surface area contributed by atoms with Crippen molar-refractivity contribution in [1.82, 2.24) is 10.2 Å². The number of nitrogens with one attached hydrogen (secondary N) is 1. The van der Waals surface area contributed by atoms with Crippen LogP contribution in [-0.2, 0) is 4.79 Å². The Morgan fingerprint density at radius 3 is 2.20 bits per heavy atom. The first-order valence-electron chi connectivity index (χ1n) is 6.57. The number of amides is 1. The first-order valence-corrected chi connectivity index (χ1v) is 6.57. The zero-order chi connectivity index (χ0) is 14.4. The van der Waals surface area contributed by atoms with Crippen molar-refractivity contribution in [2.75, 3.05) is 47.0 Å². The molecule has 1 aliphatic rings. The highest BCUT2D eigenvalue weighted by Gasteiger charge is 2.16. The molecule has 1 aromatic rings. The van der Waals surface area contributed by atoms with Gasteiger partial charge in [0.25, 0.3) is 5.91 Å². The van der Waals surface area contributed by atoms with Gasteiger partial charge in [0.2, 0.25) is 0 Å². The van der Waals surface area contributed by atoms with Gasteiger partial charge in [-0.2, -0.15) is 0 Å². The molecular formula is C14H20N2O4. The third-order valence-electron chi connectivity index (χ3n) is 3.16. The van der Waals surface area contributed by atoms with Gasteiger partial charge in [-0.05, 0) is 0 Å². The van der Waals surface area contributed by atoms with Crippen LogP contribution in [0, 0.1) is 0 Å². The van der Waals surface area contributed by atoms with Crippen LogP contribution in [0.1, 0.15) is 0 Å². The maximum atomic E-state index is 12.0. The summed E-state index contributed by atoms with van der Waals surface area (Å²) >= 11 is 0. The second-order valence-corrected chi connectivity index (χ2v) is 4.47. The topological polar surface area (TPSA) is 60.0 Å². The van der Waals surface area contributed by atoms with E-state index < -0.39 is 0 Å². The summed E-state index contributed by atoms with van der Waals surface area (Å²) in [6.45, 7) is 3.14. The summed E-state index contributed by atoms with van der Waals surface area (Å²) in [6.07, 6.45) is 0. The second-order valence-electron chi connectivity index (χ2n) is 4.47. The minimum absolute atomic E-state index is 0.00622. The van der Waals surface area contributed by atoms with E-state index in [1.165, 1.54) is 0 Å². The van der Waals surface area contributed by atoms with E-state index >= 15 is 0 Å². The second kappa shape index (κ2) is 7.00. The quantitative estimate of drug-likeness (QED) is 0.852. The lowest BCUT2D eigenvalue weighted by molar-refractivity contribution is -0.133. The number of methoxy groups -OCH3 is 2. The van der Waals surface area contributed by atoms with E-state index in [9.17, 15) is 4.79 Å². The highest BCUT2D eigenvalue weighted by molar-refractivity contribution is 5.77. The number of carbonyl (C=O) groups is 1. The molecule has 6 nitrogen and oxygen atoms in total. The summed E-state index contributed by atoms with van der Waals surface area (Å²) in [4.78, 5) is 13.8. The number of hydrogen-bond donors (Lipinski definition) is 1. The van der Waals surface area contributed by atoms with Crippen molar-refractivity contribution in [3.05, 3.63) is 18.2 Å². The molecule has 1 N–H and O–H groups in total. The molecule has 1 heterocycles. The Balaban J connectivity index is 1.94. The van der Waals surface area contributed by atoms with E-state index in [0.29, 0.717) is 17.2 Å². The van der Waals surface area contributed by atoms with Gasteiger partial charge in [0.1, 0.15) is 17.2 Å². The fourth-order valence-electron chi connectivity index (χ4n) is 2.02. The fourth-order valence-corrected chi connectivity index (χ4v) is 2.02. The Morgan fingerprint density at radius 2 is 1.65 bits per heavy atom. The normalized spacial score (nSPS) is 14.8. The summed E-state index contributed by atoms with van der Waals surface area (Å²) in [5, 5.41) is 3.21. The van der Waals surface area contributed by atoms with Gasteiger partial charge in [0.05, 0.1) is 14.2 Å². The SMILES string of the molecule is COc1cc(OC)cc(OCC(=O)N2CCNCC2)c1. The molecule has 0 saturated carbocycles. The number of rotatable bonds is 5. The molecule has 1 amide bonds. The third-order valence-corrected chi connectivity index (χ3v) is 3.16. The van der Waals surface area contributed by atoms with Crippen molar-refractivity contribution in [3.63, 3.8) is 0 Å². The number of benzene rings is 1. The Kier molecular flexibility index (Phi) is 5.06. The maximum Gasteiger partial charge on any atom is 0.260 e. The van der Waals surface area contributed by atoms with Crippen molar-refractivity contribution < 1.29 is 19.0 Å². The summed E-state index contributed by atoms with van der Waals surface area (Å²) in [6, 6.07) is 5.21. The van der Waals surface area contributed by atoms with Gasteiger partial charge in [0.15, 0.2) is 6.61 Å². The maximum absolute atomic E-state index is 12.0. The van der Waals surface area contributed by atoms with Crippen molar-refractivity contribution in [2.24, 2.45) is 0 Å². The van der Waals surface area contributed by atoms with E-state index in [4.69, 9.17) is 14.2 Å². The monoisotopic (exact) mass is 280 g/mol. The lowest BCUT2D eigenvalue weighted by Gasteiger charge is -2.27. The van der Waals surface area contributed by atoms with Gasteiger partial charge in [-0.1, -0.05) is 0 Å². The predicted octanol–water partition coefficient (Wildman–Crippen LogP) is 0.514. The van der Waals surface area contributed by atoms with Gasteiger partial charge < -0.3 is 24.4 Å². The molecule has 1 aliphatic heterocycles. The third kappa shape index (κ3) is 3.77. The van der Waals surface area contributed by atoms with Gasteiger partial charge in [-0.15, -0.1) is 0 Å². The van der Waals surface area contributed by atoms with E-state index in [2.05, 4.69) is 5.32 Å². The molecule has 0 aliphatic carbocycles. The van der Waals surface area contributed by atoms with E-state index in [-0.39, 0.29) is 12.5 Å². The highest BCUT2D eigenvalue weighted by Crippen LogP contribution is 2.27. The lowest BCUT2D eigenvalue weighted by atomic mass is 10.3. The molecule has 0 spiro atoms. The Morgan fingerprint density at radius 1 is 1.10 bits per heavy atom. The van der Waals surface area contributed by atoms with Gasteiger partial charge >= 0.3 is 0 Å². The summed E-state index contributed by atoms with van der Waals surface area (Å²) in [7, 11) is 3.15. The van der Waals surface area contributed by atoms with Gasteiger partial charge in [0, 0.05) is 44.4 Å². The molecule has 1 aromatic carbocycles. The van der Waals surface area contributed by atoms with Gasteiger partial charge in [-0.25, -0.2) is 0 Å². The average Bonchev–Trinajstić information content (AvgIpc) is 2.53. The molecule has 0 atom stereocenters. The molecule has 1 fully saturated rings. The number of nitrogens with zero attached hydrogens (tertiary/aromatic N) is 1. The van der Waals surface area contributed by atoms with Crippen molar-refractivity contribution in [2.45, 2.75) is 0 Å². The molecule has 0 unspecified atom stereocenters. The van der Waals surface area contributed by atoms with Crippen LogP contribution in [0.2, 0.25) is 0 Å². The van der Waals surface area contributed by atoms with Crippen LogP contribution in [0.25, 0.3) is 0 Å². The van der Waals surface area contributed by atoms with Crippen LogP contribution in [-0.4, -0.2) is 57.8 Å². The van der Waals surface area contributed by atoms with Crippen LogP contribution in [0.15, 0.2) is 18.2 Å². The molecule has 110 valence electrons.